The van der Waals surface area contributed by atoms with Crippen molar-refractivity contribution < 1.29 is 14.2 Å². The lowest BCUT2D eigenvalue weighted by molar-refractivity contribution is -0.377. The van der Waals surface area contributed by atoms with Crippen LogP contribution < -0.4 is 15.5 Å². The molecule has 4 rings (SSSR count). The average Bonchev–Trinajstić information content (AvgIpc) is 2.69. The first-order chi connectivity index (χ1) is 14.3. The van der Waals surface area contributed by atoms with Crippen LogP contribution in [-0.2, 0) is 4.79 Å². The molecule has 0 spiro atoms. The van der Waals surface area contributed by atoms with E-state index in [0.29, 0.717) is 23.5 Å². The molecule has 1 aliphatic heterocycles. The van der Waals surface area contributed by atoms with Gasteiger partial charge in [-0.3, -0.25) is 0 Å². The Bertz CT molecular complexity index is 1150. The van der Waals surface area contributed by atoms with Gasteiger partial charge in [-0.1, -0.05) is 6.92 Å². The molecule has 0 fully saturated rings. The van der Waals surface area contributed by atoms with Gasteiger partial charge in [0.25, 0.3) is 0 Å². The molecule has 3 aromatic rings. The van der Waals surface area contributed by atoms with Gasteiger partial charge in [-0.05, 0) is 57.2 Å². The summed E-state index contributed by atoms with van der Waals surface area (Å²) in [7, 11) is 0. The largest absolute Gasteiger partial charge is 0.422 e. The minimum atomic E-state index is -0.333. The van der Waals surface area contributed by atoms with Crippen LogP contribution in [0.5, 0.6) is 0 Å². The number of fused-ring (bicyclic) bond motifs is 2. The molecule has 0 amide bonds. The van der Waals surface area contributed by atoms with Crippen molar-refractivity contribution in [3.8, 4) is 11.1 Å². The van der Waals surface area contributed by atoms with Crippen LogP contribution in [0.1, 0.15) is 58.4 Å². The van der Waals surface area contributed by atoms with E-state index in [1.165, 1.54) is 5.56 Å². The molecule has 0 radical (unpaired) electrons. The molecular weight excluding hydrogens is 376 g/mol. The van der Waals surface area contributed by atoms with Gasteiger partial charge in [0, 0.05) is 53.3 Å². The fourth-order valence-electron chi connectivity index (χ4n) is 4.77. The van der Waals surface area contributed by atoms with Crippen molar-refractivity contribution in [2.24, 2.45) is 0 Å². The van der Waals surface area contributed by atoms with Gasteiger partial charge in [0.05, 0.1) is 5.56 Å². The maximum absolute atomic E-state index is 12.7. The lowest BCUT2D eigenvalue weighted by Gasteiger charge is -2.47. The van der Waals surface area contributed by atoms with Crippen LogP contribution in [-0.4, -0.2) is 17.9 Å². The number of carbonyl (C=O) groups is 1. The van der Waals surface area contributed by atoms with Crippen LogP contribution in [0.4, 0.5) is 5.69 Å². The standard InChI is InChI=1S/C25H28N2O3/c1-16-15-25(3,4)27(11-5-6-17(2)28)22-14-23-19(12-20(16)22)13-21(24(29)30-23)18-7-9-26-10-8-18/h7-10,12-14,16H,5-6,11,15H2,1-4H3/p+1. The van der Waals surface area contributed by atoms with E-state index in [4.69, 9.17) is 4.42 Å². The molecule has 30 heavy (non-hydrogen) atoms. The van der Waals surface area contributed by atoms with Crippen molar-refractivity contribution in [2.75, 3.05) is 11.4 Å². The number of hydrogen-bond donors (Lipinski definition) is 0. The van der Waals surface area contributed by atoms with Crippen molar-refractivity contribution in [1.82, 2.24) is 0 Å². The predicted molar refractivity (Wildman–Crippen MR) is 119 cm³/mol. The van der Waals surface area contributed by atoms with Crippen molar-refractivity contribution in [1.29, 1.82) is 0 Å². The van der Waals surface area contributed by atoms with Crippen molar-refractivity contribution in [2.45, 2.75) is 58.4 Å². The summed E-state index contributed by atoms with van der Waals surface area (Å²) in [6, 6.07) is 9.87. The summed E-state index contributed by atoms with van der Waals surface area (Å²) in [6.07, 6.45) is 6.03. The van der Waals surface area contributed by atoms with Crippen LogP contribution in [0.3, 0.4) is 0 Å². The number of nitrogens with one attached hydrogen (secondary N) is 1. The van der Waals surface area contributed by atoms with Gasteiger partial charge in [-0.2, -0.15) is 0 Å². The summed E-state index contributed by atoms with van der Waals surface area (Å²) in [6.45, 7) is 9.20. The monoisotopic (exact) mass is 405 g/mol. The molecule has 1 aromatic carbocycles. The van der Waals surface area contributed by atoms with Crippen molar-refractivity contribution in [3.05, 3.63) is 58.7 Å². The molecule has 0 saturated heterocycles. The van der Waals surface area contributed by atoms with Gasteiger partial charge in [-0.25, -0.2) is 9.78 Å². The molecule has 2 aromatic heterocycles. The number of anilines is 1. The van der Waals surface area contributed by atoms with E-state index in [0.717, 1.165) is 36.0 Å². The lowest BCUT2D eigenvalue weighted by atomic mass is 9.79. The van der Waals surface area contributed by atoms with Crippen LogP contribution >= 0.6 is 0 Å². The molecule has 0 bridgehead atoms. The molecule has 0 saturated carbocycles. The molecule has 0 aliphatic carbocycles. The highest BCUT2D eigenvalue weighted by Crippen LogP contribution is 2.45. The second-order valence-corrected chi connectivity index (χ2v) is 9.06. The number of pyridine rings is 1. The molecular formula is C25H29N2O3+. The maximum Gasteiger partial charge on any atom is 0.344 e. The number of nitrogens with zero attached hydrogens (tertiary/aromatic N) is 1. The molecule has 1 aliphatic rings. The smallest absolute Gasteiger partial charge is 0.344 e. The number of carbonyl (C=O) groups excluding carboxylic acids is 1. The minimum absolute atomic E-state index is 0.0301. The third-order valence-electron chi connectivity index (χ3n) is 6.18. The topological polar surface area (TPSA) is 64.7 Å². The Morgan fingerprint density at radius 3 is 2.67 bits per heavy atom. The molecule has 1 unspecified atom stereocenters. The highest BCUT2D eigenvalue weighted by molar-refractivity contribution is 5.87. The average molecular weight is 406 g/mol. The number of Topliss-reactive ketones (excluding diaryl/α,β-unsaturated/α-hetero) is 1. The maximum atomic E-state index is 12.7. The second kappa shape index (κ2) is 7.71. The van der Waals surface area contributed by atoms with E-state index in [1.54, 1.807) is 19.3 Å². The van der Waals surface area contributed by atoms with E-state index < -0.39 is 0 Å². The normalized spacial score (nSPS) is 17.7. The molecule has 3 heterocycles. The van der Waals surface area contributed by atoms with Gasteiger partial charge in [0.1, 0.15) is 11.4 Å². The summed E-state index contributed by atoms with van der Waals surface area (Å²) in [5, 5.41) is 0.937. The van der Waals surface area contributed by atoms with Crippen molar-refractivity contribution >= 4 is 22.4 Å². The predicted octanol–water partition coefficient (Wildman–Crippen LogP) is 4.74. The zero-order valence-electron chi connectivity index (χ0n) is 18.1. The number of aromatic nitrogens is 1. The van der Waals surface area contributed by atoms with E-state index in [2.05, 4.69) is 36.7 Å². The van der Waals surface area contributed by atoms with Crippen LogP contribution in [0.25, 0.3) is 22.1 Å². The van der Waals surface area contributed by atoms with Gasteiger partial charge in [0.15, 0.2) is 12.4 Å². The first-order valence-electron chi connectivity index (χ1n) is 10.6. The SMILES string of the molecule is CC(=O)CCCN1c2cc3oc(=O)c(-c4cc[nH+]cc4)cc3cc2C(C)CC1(C)C. The number of H-pyrrole nitrogens is 1. The third-order valence-corrected chi connectivity index (χ3v) is 6.18. The fourth-order valence-corrected chi connectivity index (χ4v) is 4.77. The summed E-state index contributed by atoms with van der Waals surface area (Å²) >= 11 is 0. The summed E-state index contributed by atoms with van der Waals surface area (Å²) < 4.78 is 5.76. The van der Waals surface area contributed by atoms with E-state index in [-0.39, 0.29) is 16.9 Å². The van der Waals surface area contributed by atoms with Gasteiger partial charge in [0.2, 0.25) is 0 Å². The van der Waals surface area contributed by atoms with Crippen LogP contribution in [0.15, 0.2) is 51.9 Å². The zero-order chi connectivity index (χ0) is 21.5. The fraction of sp³-hybridized carbons (Fsp3) is 0.400. The summed E-state index contributed by atoms with van der Waals surface area (Å²) in [5.74, 6) is 0.610. The Hall–Kier alpha value is -2.95. The number of aromatic amines is 1. The van der Waals surface area contributed by atoms with E-state index in [1.807, 2.05) is 24.3 Å². The molecule has 5 nitrogen and oxygen atoms in total. The first kappa shape index (κ1) is 20.3. The Morgan fingerprint density at radius 2 is 1.97 bits per heavy atom. The first-order valence-corrected chi connectivity index (χ1v) is 10.6. The Balaban J connectivity index is 1.82. The van der Waals surface area contributed by atoms with Crippen LogP contribution in [0, 0.1) is 0 Å². The Kier molecular flexibility index (Phi) is 5.22. The molecule has 1 atom stereocenters. The van der Waals surface area contributed by atoms with Gasteiger partial charge >= 0.3 is 5.63 Å². The van der Waals surface area contributed by atoms with E-state index in [9.17, 15) is 9.59 Å². The number of benzene rings is 1. The second-order valence-electron chi connectivity index (χ2n) is 9.06. The van der Waals surface area contributed by atoms with E-state index >= 15 is 0 Å². The Labute approximate surface area is 176 Å². The highest BCUT2D eigenvalue weighted by atomic mass is 16.4. The number of rotatable bonds is 5. The lowest BCUT2D eigenvalue weighted by Crippen LogP contribution is -2.48. The zero-order valence-corrected chi connectivity index (χ0v) is 18.1. The highest BCUT2D eigenvalue weighted by Gasteiger charge is 2.36. The van der Waals surface area contributed by atoms with Gasteiger partial charge < -0.3 is 14.1 Å². The Morgan fingerprint density at radius 1 is 1.23 bits per heavy atom. The molecule has 1 N–H and O–H groups in total. The van der Waals surface area contributed by atoms with Crippen molar-refractivity contribution in [3.63, 3.8) is 0 Å². The molecule has 156 valence electrons. The molecule has 5 heteroatoms. The minimum Gasteiger partial charge on any atom is -0.422 e. The quantitative estimate of drug-likeness (QED) is 0.575. The number of ketones is 1. The number of hydrogen-bond acceptors (Lipinski definition) is 4. The van der Waals surface area contributed by atoms with Crippen LogP contribution in [0.2, 0.25) is 0 Å². The van der Waals surface area contributed by atoms with Gasteiger partial charge in [-0.15, -0.1) is 0 Å². The third kappa shape index (κ3) is 3.76. The summed E-state index contributed by atoms with van der Waals surface area (Å²) in [5.41, 5.74) is 4.02. The summed E-state index contributed by atoms with van der Waals surface area (Å²) in [4.78, 5) is 29.5.